The van der Waals surface area contributed by atoms with E-state index in [2.05, 4.69) is 6.92 Å². The first-order valence-corrected chi connectivity index (χ1v) is 13.2. The van der Waals surface area contributed by atoms with E-state index in [9.17, 15) is 9.59 Å². The summed E-state index contributed by atoms with van der Waals surface area (Å²) in [4.78, 5) is 29.2. The third-order valence-corrected chi connectivity index (χ3v) is 6.92. The molecule has 0 saturated heterocycles. The number of nitrogens with zero attached hydrogens (tertiary/aromatic N) is 1. The molecule has 2 heterocycles. The van der Waals surface area contributed by atoms with Crippen LogP contribution >= 0.6 is 0 Å². The van der Waals surface area contributed by atoms with Crippen LogP contribution in [-0.2, 0) is 4.74 Å². The molecule has 0 N–H and O–H groups in total. The monoisotopic (exact) mass is 507 g/mol. The summed E-state index contributed by atoms with van der Waals surface area (Å²) in [5, 5.41) is 0.485. The fraction of sp³-hybridized carbons (Fsp3) is 0.467. The predicted octanol–water partition coefficient (Wildman–Crippen LogP) is 5.96. The molecule has 1 aromatic heterocycles. The number of methoxy groups -OCH3 is 1. The quantitative estimate of drug-likeness (QED) is 0.282. The molecule has 1 atom stereocenters. The van der Waals surface area contributed by atoms with Crippen LogP contribution in [0.25, 0.3) is 11.0 Å². The lowest BCUT2D eigenvalue weighted by Gasteiger charge is -2.26. The second-order valence-electron chi connectivity index (χ2n) is 9.55. The topological polar surface area (TPSA) is 78.2 Å². The zero-order valence-electron chi connectivity index (χ0n) is 22.5. The molecule has 198 valence electrons. The summed E-state index contributed by atoms with van der Waals surface area (Å²) in [5.41, 5.74) is 3.42. The van der Waals surface area contributed by atoms with E-state index in [1.54, 1.807) is 12.0 Å². The molecule has 0 spiro atoms. The van der Waals surface area contributed by atoms with Crippen LogP contribution in [0, 0.1) is 13.8 Å². The maximum Gasteiger partial charge on any atom is 0.290 e. The minimum Gasteiger partial charge on any atom is -0.490 e. The number of carbonyl (C=O) groups excluding carboxylic acids is 1. The van der Waals surface area contributed by atoms with Crippen molar-refractivity contribution >= 4 is 16.9 Å². The molecule has 0 aliphatic carbocycles. The van der Waals surface area contributed by atoms with Gasteiger partial charge in [0, 0.05) is 20.3 Å². The van der Waals surface area contributed by atoms with Gasteiger partial charge in [0.25, 0.3) is 5.91 Å². The van der Waals surface area contributed by atoms with E-state index in [0.717, 1.165) is 36.0 Å². The first-order valence-electron chi connectivity index (χ1n) is 13.2. The maximum absolute atomic E-state index is 13.8. The van der Waals surface area contributed by atoms with Crippen molar-refractivity contribution in [2.24, 2.45) is 0 Å². The van der Waals surface area contributed by atoms with Crippen LogP contribution in [0.5, 0.6) is 11.5 Å². The molecule has 37 heavy (non-hydrogen) atoms. The van der Waals surface area contributed by atoms with Crippen molar-refractivity contribution in [2.75, 3.05) is 33.5 Å². The summed E-state index contributed by atoms with van der Waals surface area (Å²) in [5.74, 6) is 1.09. The second kappa shape index (κ2) is 11.8. The largest absolute Gasteiger partial charge is 0.490 e. The molecule has 0 fully saturated rings. The predicted molar refractivity (Wildman–Crippen MR) is 144 cm³/mol. The molecule has 2 aromatic carbocycles. The number of aryl methyl sites for hydroxylation is 2. The Morgan fingerprint density at radius 1 is 0.919 bits per heavy atom. The molecule has 0 saturated carbocycles. The minimum absolute atomic E-state index is 0.112. The minimum atomic E-state index is -0.588. The van der Waals surface area contributed by atoms with E-state index >= 15 is 0 Å². The maximum atomic E-state index is 13.8. The zero-order valence-corrected chi connectivity index (χ0v) is 22.5. The van der Waals surface area contributed by atoms with E-state index in [1.807, 2.05) is 51.1 Å². The van der Waals surface area contributed by atoms with E-state index in [-0.39, 0.29) is 17.1 Å². The number of carbonyl (C=O) groups is 1. The highest BCUT2D eigenvalue weighted by Gasteiger charge is 2.42. The highest BCUT2D eigenvalue weighted by Crippen LogP contribution is 2.41. The summed E-state index contributed by atoms with van der Waals surface area (Å²) < 4.78 is 23.3. The lowest BCUT2D eigenvalue weighted by atomic mass is 9.97. The highest BCUT2D eigenvalue weighted by molar-refractivity contribution is 5.99. The van der Waals surface area contributed by atoms with Crippen molar-refractivity contribution in [3.63, 3.8) is 0 Å². The number of ether oxygens (including phenoxy) is 3. The summed E-state index contributed by atoms with van der Waals surface area (Å²) in [6.45, 7) is 10.0. The summed E-state index contributed by atoms with van der Waals surface area (Å²) in [7, 11) is 1.63. The van der Waals surface area contributed by atoms with Gasteiger partial charge in [-0.2, -0.15) is 0 Å². The van der Waals surface area contributed by atoms with Crippen LogP contribution in [0.15, 0.2) is 39.5 Å². The van der Waals surface area contributed by atoms with Gasteiger partial charge in [-0.15, -0.1) is 0 Å². The third-order valence-electron chi connectivity index (χ3n) is 6.92. The Morgan fingerprint density at radius 3 is 2.43 bits per heavy atom. The molecule has 1 unspecified atom stereocenters. The zero-order chi connectivity index (χ0) is 26.5. The number of hydrogen-bond acceptors (Lipinski definition) is 6. The first-order chi connectivity index (χ1) is 17.9. The smallest absolute Gasteiger partial charge is 0.290 e. The molecule has 7 heteroatoms. The van der Waals surface area contributed by atoms with Crippen LogP contribution in [0.4, 0.5) is 0 Å². The van der Waals surface area contributed by atoms with Gasteiger partial charge in [0.1, 0.15) is 5.58 Å². The molecule has 1 aliphatic heterocycles. The van der Waals surface area contributed by atoms with E-state index in [0.29, 0.717) is 60.8 Å². The fourth-order valence-electron chi connectivity index (χ4n) is 4.85. The average Bonchev–Trinajstić information content (AvgIpc) is 3.16. The number of amides is 1. The van der Waals surface area contributed by atoms with E-state index in [4.69, 9.17) is 18.6 Å². The van der Waals surface area contributed by atoms with E-state index < -0.39 is 6.04 Å². The van der Waals surface area contributed by atoms with Gasteiger partial charge in [-0.25, -0.2) is 0 Å². The summed E-state index contributed by atoms with van der Waals surface area (Å²) in [6.07, 6.45) is 3.82. The number of rotatable bonds is 12. The van der Waals surface area contributed by atoms with Crippen molar-refractivity contribution in [1.29, 1.82) is 0 Å². The molecular formula is C30H37NO6. The Bertz CT molecular complexity index is 1330. The van der Waals surface area contributed by atoms with Crippen molar-refractivity contribution < 1.29 is 23.4 Å². The Morgan fingerprint density at radius 2 is 1.70 bits per heavy atom. The molecule has 0 radical (unpaired) electrons. The highest BCUT2D eigenvalue weighted by atomic mass is 16.5. The number of benzene rings is 2. The summed E-state index contributed by atoms with van der Waals surface area (Å²) in [6, 6.07) is 8.77. The number of fused-ring (bicyclic) bond motifs is 2. The van der Waals surface area contributed by atoms with Crippen LogP contribution in [0.1, 0.15) is 78.4 Å². The van der Waals surface area contributed by atoms with Crippen LogP contribution in [0.3, 0.4) is 0 Å². The van der Waals surface area contributed by atoms with Gasteiger partial charge in [-0.3, -0.25) is 9.59 Å². The van der Waals surface area contributed by atoms with Gasteiger partial charge in [-0.05, 0) is 74.6 Å². The molecule has 3 aromatic rings. The normalized spacial score (nSPS) is 14.9. The average molecular weight is 508 g/mol. The fourth-order valence-corrected chi connectivity index (χ4v) is 4.85. The van der Waals surface area contributed by atoms with Gasteiger partial charge < -0.3 is 23.5 Å². The molecule has 0 bridgehead atoms. The summed E-state index contributed by atoms with van der Waals surface area (Å²) >= 11 is 0. The molecule has 4 rings (SSSR count). The van der Waals surface area contributed by atoms with Gasteiger partial charge >= 0.3 is 0 Å². The standard InChI is InChI=1S/C30H37NO6/c1-6-8-9-15-36-23-12-11-21(18-25(23)35-7-2)27-26-28(32)22-16-19(3)20(4)17-24(22)37-29(26)30(33)31(27)13-10-14-34-5/h11-12,16-18,27H,6-10,13-15H2,1-5H3. The Balaban J connectivity index is 1.82. The van der Waals surface area contributed by atoms with Crippen molar-refractivity contribution in [1.82, 2.24) is 4.90 Å². The van der Waals surface area contributed by atoms with Crippen molar-refractivity contribution in [3.8, 4) is 11.5 Å². The molecule has 7 nitrogen and oxygen atoms in total. The Kier molecular flexibility index (Phi) is 8.54. The second-order valence-corrected chi connectivity index (χ2v) is 9.55. The van der Waals surface area contributed by atoms with Crippen LogP contribution in [0.2, 0.25) is 0 Å². The van der Waals surface area contributed by atoms with Gasteiger partial charge in [0.05, 0.1) is 30.2 Å². The third kappa shape index (κ3) is 5.37. The lowest BCUT2D eigenvalue weighted by Crippen LogP contribution is -2.31. The van der Waals surface area contributed by atoms with Crippen molar-refractivity contribution in [2.45, 2.75) is 59.4 Å². The number of hydrogen-bond donors (Lipinski definition) is 0. The van der Waals surface area contributed by atoms with Gasteiger partial charge in [0.2, 0.25) is 5.76 Å². The van der Waals surface area contributed by atoms with Gasteiger partial charge in [-0.1, -0.05) is 25.8 Å². The van der Waals surface area contributed by atoms with Crippen LogP contribution < -0.4 is 14.9 Å². The Labute approximate surface area is 218 Å². The molecule has 1 amide bonds. The van der Waals surface area contributed by atoms with Crippen molar-refractivity contribution in [3.05, 3.63) is 68.6 Å². The van der Waals surface area contributed by atoms with E-state index in [1.165, 1.54) is 0 Å². The Hall–Kier alpha value is -3.32. The SMILES string of the molecule is CCCCCOc1ccc(C2c3c(oc4cc(C)c(C)cc4c3=O)C(=O)N2CCCOC)cc1OCC. The molecular weight excluding hydrogens is 470 g/mol. The number of unbranched alkanes of at least 4 members (excludes halogenated alkanes) is 2. The first kappa shape index (κ1) is 26.7. The van der Waals surface area contributed by atoms with Crippen LogP contribution in [-0.4, -0.2) is 44.3 Å². The lowest BCUT2D eigenvalue weighted by molar-refractivity contribution is 0.0707. The van der Waals surface area contributed by atoms with Gasteiger partial charge in [0.15, 0.2) is 16.9 Å². The molecule has 1 aliphatic rings.